The predicted molar refractivity (Wildman–Crippen MR) is 40.8 cm³/mol. The molecule has 0 saturated carbocycles. The fourth-order valence-corrected chi connectivity index (χ4v) is 0.896. The minimum Gasteiger partial charge on any atom is -0.595 e. The van der Waals surface area contributed by atoms with E-state index in [4.69, 9.17) is 15.4 Å². The van der Waals surface area contributed by atoms with Crippen LogP contribution in [0.3, 0.4) is 0 Å². The zero-order valence-electron chi connectivity index (χ0n) is 6.39. The number of rotatable bonds is 2. The third kappa shape index (κ3) is 1.94. The maximum Gasteiger partial charge on any atom is 0.342 e. The van der Waals surface area contributed by atoms with Crippen LogP contribution in [0.5, 0.6) is 5.75 Å². The molecule has 6 heteroatoms. The predicted octanol–water partition coefficient (Wildman–Crippen LogP) is -0.506. The van der Waals surface area contributed by atoms with E-state index in [0.717, 1.165) is 18.2 Å². The summed E-state index contributed by atoms with van der Waals surface area (Å²) in [5.74, 6) is -1.66. The van der Waals surface area contributed by atoms with E-state index in [2.05, 4.69) is 0 Å². The molecular weight excluding hydrogens is 178 g/mol. The van der Waals surface area contributed by atoms with Crippen molar-refractivity contribution in [2.24, 2.45) is 0 Å². The highest BCUT2D eigenvalue weighted by atomic mass is 16.8. The van der Waals surface area contributed by atoms with Crippen LogP contribution >= 0.6 is 0 Å². The molecular formula is C7H7NO5. The first kappa shape index (κ1) is 9.46. The smallest absolute Gasteiger partial charge is 0.342 e. The van der Waals surface area contributed by atoms with Gasteiger partial charge in [0.25, 0.3) is 0 Å². The molecule has 1 atom stereocenters. The second-order valence-electron chi connectivity index (χ2n) is 2.34. The van der Waals surface area contributed by atoms with Crippen LogP contribution in [0.1, 0.15) is 10.4 Å². The molecule has 0 fully saturated rings. The molecule has 0 aliphatic carbocycles. The van der Waals surface area contributed by atoms with Crippen molar-refractivity contribution in [3.63, 3.8) is 0 Å². The van der Waals surface area contributed by atoms with E-state index in [9.17, 15) is 10.0 Å². The first-order valence-corrected chi connectivity index (χ1v) is 3.32. The first-order valence-electron chi connectivity index (χ1n) is 3.32. The van der Waals surface area contributed by atoms with E-state index in [0.29, 0.717) is 0 Å². The number of carboxylic acid groups (broad SMARTS) is 1. The summed E-state index contributed by atoms with van der Waals surface area (Å²) >= 11 is 0. The fraction of sp³-hybridized carbons (Fsp3) is 0. The molecule has 0 aliphatic heterocycles. The lowest BCUT2D eigenvalue weighted by Gasteiger charge is -2.13. The van der Waals surface area contributed by atoms with Crippen LogP contribution in [0.15, 0.2) is 18.2 Å². The summed E-state index contributed by atoms with van der Waals surface area (Å²) in [5, 5.41) is 35.2. The third-order valence-electron chi connectivity index (χ3n) is 1.46. The van der Waals surface area contributed by atoms with Crippen molar-refractivity contribution in [1.82, 2.24) is 0 Å². The third-order valence-corrected chi connectivity index (χ3v) is 1.46. The molecule has 0 aromatic heterocycles. The lowest BCUT2D eigenvalue weighted by atomic mass is 10.2. The fourth-order valence-electron chi connectivity index (χ4n) is 0.896. The van der Waals surface area contributed by atoms with Gasteiger partial charge in [0.05, 0.1) is 0 Å². The van der Waals surface area contributed by atoms with Gasteiger partial charge < -0.3 is 15.4 Å². The Balaban J connectivity index is 3.27. The van der Waals surface area contributed by atoms with E-state index in [1.807, 2.05) is 0 Å². The van der Waals surface area contributed by atoms with Gasteiger partial charge >= 0.3 is 5.97 Å². The van der Waals surface area contributed by atoms with Crippen LogP contribution in [-0.2, 0) is 0 Å². The van der Waals surface area contributed by atoms with Crippen LogP contribution in [0, 0.1) is 5.21 Å². The number of hydrogen-bond acceptors (Lipinski definition) is 4. The molecule has 0 heterocycles. The summed E-state index contributed by atoms with van der Waals surface area (Å²) in [6.07, 6.45) is 0. The van der Waals surface area contributed by atoms with Crippen molar-refractivity contribution in [3.8, 4) is 5.75 Å². The number of carboxylic acids is 1. The molecule has 6 nitrogen and oxygen atoms in total. The SMILES string of the molecule is O=C(O)c1cc(O)ccc1[NH+]([O-])O. The van der Waals surface area contributed by atoms with Crippen LogP contribution in [0.25, 0.3) is 0 Å². The van der Waals surface area contributed by atoms with Crippen molar-refractivity contribution >= 4 is 11.7 Å². The summed E-state index contributed by atoms with van der Waals surface area (Å²) in [6.45, 7) is 0. The molecule has 0 radical (unpaired) electrons. The Bertz CT molecular complexity index is 336. The van der Waals surface area contributed by atoms with Gasteiger partial charge in [-0.05, 0) is 6.07 Å². The van der Waals surface area contributed by atoms with Crippen molar-refractivity contribution < 1.29 is 25.4 Å². The number of aromatic carboxylic acids is 1. The summed E-state index contributed by atoms with van der Waals surface area (Å²) in [4.78, 5) is 10.5. The largest absolute Gasteiger partial charge is 0.595 e. The summed E-state index contributed by atoms with van der Waals surface area (Å²) < 4.78 is 0. The molecule has 70 valence electrons. The normalized spacial score (nSPS) is 12.5. The lowest BCUT2D eigenvalue weighted by Crippen LogP contribution is -2.99. The Morgan fingerprint density at radius 2 is 2.08 bits per heavy atom. The van der Waals surface area contributed by atoms with Crippen LogP contribution in [0.4, 0.5) is 5.69 Å². The molecule has 0 saturated heterocycles. The zero-order chi connectivity index (χ0) is 10.0. The molecule has 0 bridgehead atoms. The Morgan fingerprint density at radius 1 is 1.46 bits per heavy atom. The molecule has 1 unspecified atom stereocenters. The van der Waals surface area contributed by atoms with Gasteiger partial charge in [-0.1, -0.05) is 0 Å². The van der Waals surface area contributed by atoms with E-state index in [1.54, 1.807) is 0 Å². The van der Waals surface area contributed by atoms with Crippen LogP contribution in [0.2, 0.25) is 0 Å². The highest BCUT2D eigenvalue weighted by molar-refractivity contribution is 5.92. The van der Waals surface area contributed by atoms with Gasteiger partial charge in [-0.2, -0.15) is 5.23 Å². The number of carbonyl (C=O) groups is 1. The second kappa shape index (κ2) is 3.40. The number of phenols is 1. The highest BCUT2D eigenvalue weighted by Gasteiger charge is 2.15. The molecule has 1 aromatic carbocycles. The number of quaternary nitrogens is 1. The average Bonchev–Trinajstić information content (AvgIpc) is 2.03. The standard InChI is InChI=1S/C7H7NO5/c9-4-1-2-6(8(12)13)5(3-4)7(10)11/h1-3,8-9,12H,(H,10,11). The number of benzene rings is 1. The Labute approximate surface area is 72.8 Å². The van der Waals surface area contributed by atoms with Crippen molar-refractivity contribution in [2.45, 2.75) is 0 Å². The van der Waals surface area contributed by atoms with Crippen LogP contribution < -0.4 is 5.23 Å². The topological polar surface area (TPSA) is 105 Å². The quantitative estimate of drug-likeness (QED) is 0.367. The van der Waals surface area contributed by atoms with Gasteiger partial charge in [-0.15, -0.1) is 0 Å². The van der Waals surface area contributed by atoms with Gasteiger partial charge in [0.2, 0.25) is 0 Å². The zero-order valence-corrected chi connectivity index (χ0v) is 6.39. The second-order valence-corrected chi connectivity index (χ2v) is 2.34. The number of aromatic hydroxyl groups is 1. The van der Waals surface area contributed by atoms with E-state index >= 15 is 0 Å². The molecule has 1 aromatic rings. The summed E-state index contributed by atoms with van der Waals surface area (Å²) in [6, 6.07) is 3.06. The lowest BCUT2D eigenvalue weighted by molar-refractivity contribution is -0.991. The van der Waals surface area contributed by atoms with Crippen molar-refractivity contribution in [2.75, 3.05) is 0 Å². The van der Waals surface area contributed by atoms with Gasteiger partial charge in [0.1, 0.15) is 11.3 Å². The molecule has 0 spiro atoms. The Morgan fingerprint density at radius 3 is 2.54 bits per heavy atom. The Hall–Kier alpha value is -1.63. The van der Waals surface area contributed by atoms with Gasteiger partial charge in [-0.3, -0.25) is 0 Å². The maximum absolute atomic E-state index is 10.5. The van der Waals surface area contributed by atoms with E-state index in [-0.39, 0.29) is 11.4 Å². The molecule has 1 rings (SSSR count). The summed E-state index contributed by atoms with van der Waals surface area (Å²) in [7, 11) is 0. The average molecular weight is 185 g/mol. The number of hydrogen-bond donors (Lipinski definition) is 4. The van der Waals surface area contributed by atoms with Crippen molar-refractivity contribution in [1.29, 1.82) is 0 Å². The number of nitrogens with one attached hydrogen (secondary N) is 1. The maximum atomic E-state index is 10.5. The molecule has 0 amide bonds. The minimum absolute atomic E-state index is 0.276. The monoisotopic (exact) mass is 185 g/mol. The summed E-state index contributed by atoms with van der Waals surface area (Å²) in [5.41, 5.74) is -0.766. The van der Waals surface area contributed by atoms with Gasteiger partial charge in [-0.25, -0.2) is 10.0 Å². The molecule has 13 heavy (non-hydrogen) atoms. The van der Waals surface area contributed by atoms with Gasteiger partial charge in [0.15, 0.2) is 5.69 Å². The highest BCUT2D eigenvalue weighted by Crippen LogP contribution is 2.17. The van der Waals surface area contributed by atoms with E-state index < -0.39 is 16.8 Å². The van der Waals surface area contributed by atoms with E-state index in [1.165, 1.54) is 0 Å². The van der Waals surface area contributed by atoms with Gasteiger partial charge in [0, 0.05) is 12.1 Å². The minimum atomic E-state index is -1.38. The van der Waals surface area contributed by atoms with Crippen LogP contribution in [-0.4, -0.2) is 21.4 Å². The Kier molecular flexibility index (Phi) is 2.47. The number of phenolic OH excluding ortho intramolecular Hbond substituents is 1. The van der Waals surface area contributed by atoms with Crippen molar-refractivity contribution in [3.05, 3.63) is 29.0 Å². The molecule has 0 aliphatic rings. The molecule has 4 N–H and O–H groups in total. The first-order chi connectivity index (χ1) is 6.02.